The molecule has 1 heterocycles. The van der Waals surface area contributed by atoms with Crippen LogP contribution in [0.3, 0.4) is 0 Å². The van der Waals surface area contributed by atoms with Crippen LogP contribution in [0.2, 0.25) is 0 Å². The summed E-state index contributed by atoms with van der Waals surface area (Å²) in [7, 11) is 2.93. The number of hydrogen-bond donors (Lipinski definition) is 0. The maximum atomic E-state index is 14.8. The van der Waals surface area contributed by atoms with E-state index >= 15 is 0 Å². The van der Waals surface area contributed by atoms with Gasteiger partial charge in [-0.1, -0.05) is 0 Å². The standard InChI is InChI=1S/C36H24F34N3O/c1-72(2)15-5-7-17-19(13-15)74-20-14-16(6-8-18(20)71-17)73(11-3-9-21(37,38)23(41,42)25(45,46)27(49,50)29(53,54)31(57,58)33(61,62)35(65,66)67)12-4-10-22(39,40)24(43,44)26(47,48)28(51,52)30(55,56)32(59,60)34(63,64)36(68,69)70/h5-8,13-14H,3-4,9-12H2,1-2H3/q+1. The highest BCUT2D eigenvalue weighted by atomic mass is 19.4. The minimum Gasteiger partial charge on any atom is -0.452 e. The van der Waals surface area contributed by atoms with E-state index in [1.165, 1.54) is 36.9 Å². The highest BCUT2D eigenvalue weighted by Gasteiger charge is 2.97. The Bertz CT molecular complexity index is 2410. The molecule has 1 aliphatic carbocycles. The third-order valence-corrected chi connectivity index (χ3v) is 10.6. The van der Waals surface area contributed by atoms with E-state index in [1.54, 1.807) is 0 Å². The minimum absolute atomic E-state index is 0.00475. The zero-order chi connectivity index (χ0) is 58.5. The summed E-state index contributed by atoms with van der Waals surface area (Å²) in [6.45, 7) is -3.61. The second kappa shape index (κ2) is 18.5. The minimum atomic E-state index is -9.03. The predicted molar refractivity (Wildman–Crippen MR) is 180 cm³/mol. The van der Waals surface area contributed by atoms with E-state index in [-0.39, 0.29) is 21.9 Å². The molecule has 3 rings (SSSR count). The lowest BCUT2D eigenvalue weighted by molar-refractivity contribution is -0.461. The van der Waals surface area contributed by atoms with Crippen molar-refractivity contribution in [3.8, 4) is 11.5 Å². The molecule has 1 aromatic carbocycles. The molecule has 4 nitrogen and oxygen atoms in total. The monoisotopic (exact) mass is 1160 g/mol. The number of benzene rings is 2. The first-order chi connectivity index (χ1) is 32.4. The van der Waals surface area contributed by atoms with Gasteiger partial charge in [-0.15, -0.1) is 0 Å². The summed E-state index contributed by atoms with van der Waals surface area (Å²) in [6, 6.07) is 5.91. The van der Waals surface area contributed by atoms with Crippen LogP contribution in [0, 0.1) is 0 Å². The number of rotatable bonds is 21. The first kappa shape index (κ1) is 63.6. The summed E-state index contributed by atoms with van der Waals surface area (Å²) in [4.78, 5) is 4.11. The smallest absolute Gasteiger partial charge is 0.452 e. The van der Waals surface area contributed by atoms with E-state index in [2.05, 4.69) is 4.98 Å². The molecule has 0 saturated heterocycles. The SMILES string of the molecule is C[N+](C)=c1ccc2nc3ccc(N(CCCC(F)(F)C(F)(F)C(F)(F)C(F)(F)C(F)(F)C(F)(F)C(F)(F)C(F)(F)F)CCCC(F)(F)C(F)(F)C(F)(F)C(F)(F)C(F)(F)C(F)(F)C(F)(F)C(F)(F)F)cc3oc-2c1. The Morgan fingerprint density at radius 1 is 0.405 bits per heavy atom. The molecule has 0 amide bonds. The van der Waals surface area contributed by atoms with Crippen LogP contribution in [-0.2, 0) is 0 Å². The summed E-state index contributed by atoms with van der Waals surface area (Å²) >= 11 is 0. The number of nitrogens with zero attached hydrogens (tertiary/aromatic N) is 3. The first-order valence-corrected chi connectivity index (χ1v) is 18.9. The van der Waals surface area contributed by atoms with E-state index < -0.39 is 145 Å². The third kappa shape index (κ3) is 9.40. The number of halogens is 34. The molecule has 38 heteroatoms. The van der Waals surface area contributed by atoms with E-state index in [1.807, 2.05) is 0 Å². The summed E-state index contributed by atoms with van der Waals surface area (Å²) in [5.74, 6) is -119. The Balaban J connectivity index is 2.10. The van der Waals surface area contributed by atoms with Crippen LogP contribution in [0.5, 0.6) is 0 Å². The average molecular weight is 1160 g/mol. The van der Waals surface area contributed by atoms with Crippen LogP contribution >= 0.6 is 0 Å². The maximum absolute atomic E-state index is 14.8. The number of fused-ring (bicyclic) bond motifs is 2. The fourth-order valence-corrected chi connectivity index (χ4v) is 6.14. The van der Waals surface area contributed by atoms with Crippen LogP contribution in [0.4, 0.5) is 155 Å². The van der Waals surface area contributed by atoms with Gasteiger partial charge >= 0.3 is 95.3 Å². The first-order valence-electron chi connectivity index (χ1n) is 18.9. The maximum Gasteiger partial charge on any atom is 0.460 e. The van der Waals surface area contributed by atoms with Gasteiger partial charge in [-0.05, 0) is 31.0 Å². The normalized spacial score (nSPS) is 15.6. The largest absolute Gasteiger partial charge is 0.460 e. The molecule has 0 saturated carbocycles. The molecule has 74 heavy (non-hydrogen) atoms. The van der Waals surface area contributed by atoms with Crippen LogP contribution in [0.1, 0.15) is 25.7 Å². The molecule has 0 fully saturated rings. The van der Waals surface area contributed by atoms with Crippen LogP contribution < -0.4 is 14.8 Å². The Hall–Kier alpha value is -4.74. The molecule has 2 aliphatic rings. The molecule has 426 valence electrons. The van der Waals surface area contributed by atoms with E-state index in [0.29, 0.717) is 17.5 Å². The van der Waals surface area contributed by atoms with Crippen molar-refractivity contribution in [2.45, 2.75) is 121 Å². The topological polar surface area (TPSA) is 32.3 Å². The zero-order valence-electron chi connectivity index (χ0n) is 35.3. The zero-order valence-corrected chi connectivity index (χ0v) is 35.3. The van der Waals surface area contributed by atoms with Gasteiger partial charge in [0.05, 0.1) is 6.07 Å². The lowest BCUT2D eigenvalue weighted by atomic mass is 9.88. The van der Waals surface area contributed by atoms with Crippen LogP contribution in [0.25, 0.3) is 22.6 Å². The Kier molecular flexibility index (Phi) is 15.9. The van der Waals surface area contributed by atoms with E-state index in [4.69, 9.17) is 4.42 Å². The summed E-state index contributed by atoms with van der Waals surface area (Å²) in [5.41, 5.74) is -1.75. The molecular weight excluding hydrogens is 1140 g/mol. The molecule has 0 spiro atoms. The Morgan fingerprint density at radius 3 is 1.05 bits per heavy atom. The highest BCUT2D eigenvalue weighted by molar-refractivity contribution is 5.80. The molecule has 0 bridgehead atoms. The number of anilines is 1. The fraction of sp³-hybridized carbons (Fsp3) is 0.667. The van der Waals surface area contributed by atoms with Gasteiger partial charge in [0.15, 0.2) is 11.3 Å². The number of alkyl halides is 34. The van der Waals surface area contributed by atoms with Crippen LogP contribution in [-0.4, -0.2) is 127 Å². The van der Waals surface area contributed by atoms with Crippen molar-refractivity contribution in [2.24, 2.45) is 0 Å². The lowest BCUT2D eigenvalue weighted by Crippen LogP contribution is -2.74. The molecule has 0 aromatic heterocycles. The molecule has 0 atom stereocenters. The average Bonchev–Trinajstić information content (AvgIpc) is 3.22. The molecule has 0 N–H and O–H groups in total. The van der Waals surface area contributed by atoms with Gasteiger partial charge in [0.25, 0.3) is 0 Å². The molecule has 1 aliphatic heterocycles. The molecule has 0 radical (unpaired) electrons. The van der Waals surface area contributed by atoms with Gasteiger partial charge in [0.1, 0.15) is 25.3 Å². The van der Waals surface area contributed by atoms with Crippen molar-refractivity contribution in [1.82, 2.24) is 9.56 Å². The van der Waals surface area contributed by atoms with Crippen molar-refractivity contribution >= 4 is 16.8 Å². The second-order valence-electron chi connectivity index (χ2n) is 15.9. The summed E-state index contributed by atoms with van der Waals surface area (Å²) in [6.07, 6.45) is -26.9. The summed E-state index contributed by atoms with van der Waals surface area (Å²) < 4.78 is 476. The van der Waals surface area contributed by atoms with Crippen molar-refractivity contribution < 1.29 is 154 Å². The predicted octanol–water partition coefficient (Wildman–Crippen LogP) is 14.3. The number of aromatic nitrogens is 1. The van der Waals surface area contributed by atoms with Crippen molar-refractivity contribution in [3.05, 3.63) is 41.8 Å². The van der Waals surface area contributed by atoms with E-state index in [9.17, 15) is 149 Å². The summed E-state index contributed by atoms with van der Waals surface area (Å²) in [5, 5.41) is 0.329. The highest BCUT2D eigenvalue weighted by Crippen LogP contribution is 2.66. The number of hydrogen-bond acceptors (Lipinski definition) is 3. The lowest BCUT2D eigenvalue weighted by Gasteiger charge is -2.43. The van der Waals surface area contributed by atoms with Crippen LogP contribution in [0.15, 0.2) is 40.8 Å². The molecular formula is C36H24F34N3O+. The Labute approximate surface area is 386 Å². The van der Waals surface area contributed by atoms with Gasteiger partial charge in [-0.2, -0.15) is 149 Å². The van der Waals surface area contributed by atoms with Crippen molar-refractivity contribution in [1.29, 1.82) is 0 Å². The van der Waals surface area contributed by atoms with Gasteiger partial charge < -0.3 is 9.32 Å². The van der Waals surface area contributed by atoms with Gasteiger partial charge in [0.2, 0.25) is 5.36 Å². The molecule has 0 unspecified atom stereocenters. The fourth-order valence-electron chi connectivity index (χ4n) is 6.14. The Morgan fingerprint density at radius 2 is 0.730 bits per heavy atom. The third-order valence-electron chi connectivity index (χ3n) is 10.6. The molecule has 1 aromatic rings. The van der Waals surface area contributed by atoms with Gasteiger partial charge in [-0.25, -0.2) is 9.56 Å². The quantitative estimate of drug-likeness (QED) is 0.0605. The second-order valence-corrected chi connectivity index (χ2v) is 15.9. The van der Waals surface area contributed by atoms with Gasteiger partial charge in [0, 0.05) is 43.8 Å². The van der Waals surface area contributed by atoms with Gasteiger partial charge in [-0.3, -0.25) is 0 Å². The van der Waals surface area contributed by atoms with Crippen molar-refractivity contribution in [2.75, 3.05) is 32.1 Å². The van der Waals surface area contributed by atoms with E-state index in [0.717, 1.165) is 6.07 Å². The van der Waals surface area contributed by atoms with Crippen molar-refractivity contribution in [3.63, 3.8) is 0 Å².